The van der Waals surface area contributed by atoms with Gasteiger partial charge in [0.15, 0.2) is 18.1 Å². The number of amides is 1. The molecule has 0 bridgehead atoms. The average Bonchev–Trinajstić information content (AvgIpc) is 2.84. The highest BCUT2D eigenvalue weighted by Gasteiger charge is 2.23. The number of hydrogen-bond donors (Lipinski definition) is 1. The van der Waals surface area contributed by atoms with Crippen LogP contribution in [-0.4, -0.2) is 43.2 Å². The van der Waals surface area contributed by atoms with Crippen molar-refractivity contribution in [3.05, 3.63) is 24.3 Å². The van der Waals surface area contributed by atoms with E-state index in [0.717, 1.165) is 13.0 Å². The Morgan fingerprint density at radius 3 is 2.63 bits per heavy atom. The van der Waals surface area contributed by atoms with Crippen molar-refractivity contribution < 1.29 is 14.3 Å². The van der Waals surface area contributed by atoms with Gasteiger partial charge in [-0.25, -0.2) is 0 Å². The van der Waals surface area contributed by atoms with Gasteiger partial charge in [-0.15, -0.1) is 0 Å². The van der Waals surface area contributed by atoms with Gasteiger partial charge in [-0.2, -0.15) is 0 Å². The minimum atomic E-state index is -0.0285. The zero-order valence-electron chi connectivity index (χ0n) is 11.2. The van der Waals surface area contributed by atoms with Crippen molar-refractivity contribution in [2.45, 2.75) is 19.4 Å². The molecular weight excluding hydrogens is 244 g/mol. The number of carbonyl (C=O) groups is 1. The summed E-state index contributed by atoms with van der Waals surface area (Å²) < 4.78 is 11.0. The van der Waals surface area contributed by atoms with Gasteiger partial charge in [0, 0.05) is 19.1 Å². The van der Waals surface area contributed by atoms with Gasteiger partial charge < -0.3 is 20.1 Å². The lowest BCUT2D eigenvalue weighted by Gasteiger charge is -2.17. The Labute approximate surface area is 113 Å². The number of carbonyl (C=O) groups excluding carboxylic acids is 1. The van der Waals surface area contributed by atoms with Crippen molar-refractivity contribution >= 4 is 5.91 Å². The first-order valence-corrected chi connectivity index (χ1v) is 6.58. The van der Waals surface area contributed by atoms with Crippen LogP contribution in [0.4, 0.5) is 0 Å². The number of likely N-dealkylation sites (tertiary alicyclic amines) is 1. The van der Waals surface area contributed by atoms with Crippen LogP contribution >= 0.6 is 0 Å². The number of nitrogens with zero attached hydrogens (tertiary/aromatic N) is 1. The normalized spacial score (nSPS) is 18.4. The Hall–Kier alpha value is -1.75. The van der Waals surface area contributed by atoms with Crippen LogP contribution < -0.4 is 15.2 Å². The van der Waals surface area contributed by atoms with E-state index < -0.39 is 0 Å². The fourth-order valence-corrected chi connectivity index (χ4v) is 2.09. The Kier molecular flexibility index (Phi) is 4.63. The molecule has 104 valence electrons. The zero-order valence-corrected chi connectivity index (χ0v) is 11.2. The maximum atomic E-state index is 11.9. The number of hydrogen-bond acceptors (Lipinski definition) is 4. The van der Waals surface area contributed by atoms with Crippen molar-refractivity contribution in [2.24, 2.45) is 5.73 Å². The molecule has 1 aromatic rings. The summed E-state index contributed by atoms with van der Waals surface area (Å²) in [6, 6.07) is 7.45. The summed E-state index contributed by atoms with van der Waals surface area (Å²) in [5.41, 5.74) is 5.78. The SMILES string of the molecule is CCOc1ccccc1OCC(=O)N1CC[C@@H](N)C1. The summed E-state index contributed by atoms with van der Waals surface area (Å²) in [6.45, 7) is 3.84. The molecule has 0 radical (unpaired) electrons. The summed E-state index contributed by atoms with van der Waals surface area (Å²) >= 11 is 0. The first-order valence-electron chi connectivity index (χ1n) is 6.58. The van der Waals surface area contributed by atoms with Gasteiger partial charge >= 0.3 is 0 Å². The van der Waals surface area contributed by atoms with Gasteiger partial charge in [0.2, 0.25) is 0 Å². The second-order valence-electron chi connectivity index (χ2n) is 4.56. The minimum absolute atomic E-state index is 0.0246. The highest BCUT2D eigenvalue weighted by Crippen LogP contribution is 2.26. The lowest BCUT2D eigenvalue weighted by molar-refractivity contribution is -0.132. The molecule has 5 nitrogen and oxygen atoms in total. The average molecular weight is 264 g/mol. The number of nitrogens with two attached hydrogens (primary N) is 1. The van der Waals surface area contributed by atoms with Crippen molar-refractivity contribution in [3.8, 4) is 11.5 Å². The Balaban J connectivity index is 1.89. The third kappa shape index (κ3) is 3.61. The van der Waals surface area contributed by atoms with E-state index in [1.54, 1.807) is 11.0 Å². The van der Waals surface area contributed by atoms with E-state index in [1.165, 1.54) is 0 Å². The third-order valence-electron chi connectivity index (χ3n) is 3.08. The minimum Gasteiger partial charge on any atom is -0.490 e. The van der Waals surface area contributed by atoms with Crippen molar-refractivity contribution in [2.75, 3.05) is 26.3 Å². The van der Waals surface area contributed by atoms with Gasteiger partial charge in [0.25, 0.3) is 5.91 Å². The molecule has 0 aliphatic carbocycles. The van der Waals surface area contributed by atoms with E-state index in [9.17, 15) is 4.79 Å². The molecule has 0 saturated carbocycles. The quantitative estimate of drug-likeness (QED) is 0.862. The molecule has 1 atom stereocenters. The van der Waals surface area contributed by atoms with E-state index in [2.05, 4.69) is 0 Å². The van der Waals surface area contributed by atoms with Gasteiger partial charge in [0.1, 0.15) is 0 Å². The van der Waals surface area contributed by atoms with Crippen LogP contribution in [0.3, 0.4) is 0 Å². The Bertz CT molecular complexity index is 436. The molecule has 1 amide bonds. The van der Waals surface area contributed by atoms with Crippen molar-refractivity contribution in [3.63, 3.8) is 0 Å². The Morgan fingerprint density at radius 2 is 2.05 bits per heavy atom. The molecule has 2 rings (SSSR count). The van der Waals surface area contributed by atoms with Crippen LogP contribution in [0.25, 0.3) is 0 Å². The second-order valence-corrected chi connectivity index (χ2v) is 4.56. The standard InChI is InChI=1S/C14H20N2O3/c1-2-18-12-5-3-4-6-13(12)19-10-14(17)16-8-7-11(15)9-16/h3-6,11H,2,7-10,15H2,1H3/t11-/m1/s1. The lowest BCUT2D eigenvalue weighted by atomic mass is 10.3. The molecule has 19 heavy (non-hydrogen) atoms. The van der Waals surface area contributed by atoms with E-state index in [-0.39, 0.29) is 18.6 Å². The summed E-state index contributed by atoms with van der Waals surface area (Å²) in [6.07, 6.45) is 0.862. The van der Waals surface area contributed by atoms with Crippen LogP contribution in [0.1, 0.15) is 13.3 Å². The predicted octanol–water partition coefficient (Wildman–Crippen LogP) is 1.02. The van der Waals surface area contributed by atoms with Crippen LogP contribution in [0.15, 0.2) is 24.3 Å². The van der Waals surface area contributed by atoms with Gasteiger partial charge in [-0.05, 0) is 25.5 Å². The predicted molar refractivity (Wildman–Crippen MR) is 72.3 cm³/mol. The monoisotopic (exact) mass is 264 g/mol. The topological polar surface area (TPSA) is 64.8 Å². The molecule has 0 unspecified atom stereocenters. The van der Waals surface area contributed by atoms with Gasteiger partial charge in [-0.1, -0.05) is 12.1 Å². The van der Waals surface area contributed by atoms with E-state index in [1.807, 2.05) is 25.1 Å². The number of ether oxygens (including phenoxy) is 2. The molecule has 1 aliphatic heterocycles. The zero-order chi connectivity index (χ0) is 13.7. The smallest absolute Gasteiger partial charge is 0.260 e. The lowest BCUT2D eigenvalue weighted by Crippen LogP contribution is -2.35. The molecule has 1 heterocycles. The summed E-state index contributed by atoms with van der Waals surface area (Å²) in [4.78, 5) is 13.7. The highest BCUT2D eigenvalue weighted by atomic mass is 16.5. The number of rotatable bonds is 5. The maximum Gasteiger partial charge on any atom is 0.260 e. The third-order valence-corrected chi connectivity index (χ3v) is 3.08. The summed E-state index contributed by atoms with van der Waals surface area (Å²) in [7, 11) is 0. The Morgan fingerprint density at radius 1 is 1.37 bits per heavy atom. The molecule has 0 aromatic heterocycles. The second kappa shape index (κ2) is 6.43. The molecule has 0 spiro atoms. The van der Waals surface area contributed by atoms with E-state index in [0.29, 0.717) is 24.7 Å². The molecular formula is C14H20N2O3. The first kappa shape index (κ1) is 13.7. The van der Waals surface area contributed by atoms with Gasteiger partial charge in [0.05, 0.1) is 6.61 Å². The van der Waals surface area contributed by atoms with Crippen LogP contribution in [0.2, 0.25) is 0 Å². The molecule has 1 fully saturated rings. The summed E-state index contributed by atoms with van der Waals surface area (Å²) in [5.74, 6) is 1.23. The van der Waals surface area contributed by atoms with Gasteiger partial charge in [-0.3, -0.25) is 4.79 Å². The fourth-order valence-electron chi connectivity index (χ4n) is 2.09. The van der Waals surface area contributed by atoms with E-state index >= 15 is 0 Å². The molecule has 1 saturated heterocycles. The molecule has 1 aliphatic rings. The van der Waals surface area contributed by atoms with Crippen LogP contribution in [-0.2, 0) is 4.79 Å². The molecule has 5 heteroatoms. The van der Waals surface area contributed by atoms with Crippen molar-refractivity contribution in [1.29, 1.82) is 0 Å². The number of para-hydroxylation sites is 2. The van der Waals surface area contributed by atoms with Crippen LogP contribution in [0, 0.1) is 0 Å². The molecule has 2 N–H and O–H groups in total. The summed E-state index contributed by atoms with van der Waals surface area (Å²) in [5, 5.41) is 0. The fraction of sp³-hybridized carbons (Fsp3) is 0.500. The van der Waals surface area contributed by atoms with Crippen molar-refractivity contribution in [1.82, 2.24) is 4.90 Å². The number of benzene rings is 1. The highest BCUT2D eigenvalue weighted by molar-refractivity contribution is 5.78. The maximum absolute atomic E-state index is 11.9. The largest absolute Gasteiger partial charge is 0.490 e. The van der Waals surface area contributed by atoms with Crippen LogP contribution in [0.5, 0.6) is 11.5 Å². The molecule has 1 aromatic carbocycles. The first-order chi connectivity index (χ1) is 9.20. The van der Waals surface area contributed by atoms with E-state index in [4.69, 9.17) is 15.2 Å².